The predicted octanol–water partition coefficient (Wildman–Crippen LogP) is 0.998. The van der Waals surface area contributed by atoms with E-state index in [4.69, 9.17) is 11.5 Å². The Kier molecular flexibility index (Phi) is 6.62. The summed E-state index contributed by atoms with van der Waals surface area (Å²) >= 11 is 0. The molecule has 2 aromatic carbocycles. The molecule has 2 heterocycles. The Hall–Kier alpha value is -4.48. The standard InChI is InChI=1S/C24H25N7O4/c1-13(28-23(34)20-19(25)22(33)30-24(35)29-20)15-5-3-6-16(9-15)18-10-27-31(12-18)11-14-4-2-7-17(8-14)21(26)32/h2-10,12-13,21,32H,11,25-26H2,1H3,(H,28,34)(H2,29,30,33,35)/t13-,21?/m1/s1. The van der Waals surface area contributed by atoms with E-state index in [-0.39, 0.29) is 11.4 Å². The van der Waals surface area contributed by atoms with Gasteiger partial charge in [0, 0.05) is 11.8 Å². The Bertz CT molecular complexity index is 1490. The van der Waals surface area contributed by atoms with Crippen molar-refractivity contribution in [1.82, 2.24) is 25.1 Å². The fourth-order valence-electron chi connectivity index (χ4n) is 3.68. The lowest BCUT2D eigenvalue weighted by molar-refractivity contribution is 0.0935. The second-order valence-electron chi connectivity index (χ2n) is 8.13. The largest absolute Gasteiger partial charge is 0.392 e. The third-order valence-corrected chi connectivity index (χ3v) is 5.54. The molecular formula is C24H25N7O4. The summed E-state index contributed by atoms with van der Waals surface area (Å²) in [5, 5.41) is 16.8. The highest BCUT2D eigenvalue weighted by atomic mass is 16.3. The van der Waals surface area contributed by atoms with Crippen LogP contribution in [-0.4, -0.2) is 30.8 Å². The molecule has 4 rings (SSSR count). The average Bonchev–Trinajstić information content (AvgIpc) is 3.30. The number of rotatable bonds is 7. The summed E-state index contributed by atoms with van der Waals surface area (Å²) in [5.74, 6) is -0.666. The van der Waals surface area contributed by atoms with E-state index in [1.807, 2.05) is 53.6 Å². The highest BCUT2D eigenvalue weighted by molar-refractivity contribution is 5.97. The van der Waals surface area contributed by atoms with Gasteiger partial charge in [0.15, 0.2) is 0 Å². The molecule has 2 atom stereocenters. The molecule has 35 heavy (non-hydrogen) atoms. The smallest absolute Gasteiger partial charge is 0.326 e. The Balaban J connectivity index is 1.50. The second kappa shape index (κ2) is 9.79. The van der Waals surface area contributed by atoms with Gasteiger partial charge in [0.1, 0.15) is 17.6 Å². The first-order valence-corrected chi connectivity index (χ1v) is 10.8. The van der Waals surface area contributed by atoms with E-state index >= 15 is 0 Å². The van der Waals surface area contributed by atoms with Crippen LogP contribution < -0.4 is 28.0 Å². The molecule has 0 saturated heterocycles. The number of nitrogens with two attached hydrogens (primary N) is 2. The van der Waals surface area contributed by atoms with E-state index in [9.17, 15) is 19.5 Å². The first-order valence-electron chi connectivity index (χ1n) is 10.8. The van der Waals surface area contributed by atoms with E-state index in [0.717, 1.165) is 22.3 Å². The van der Waals surface area contributed by atoms with Crippen LogP contribution >= 0.6 is 0 Å². The van der Waals surface area contributed by atoms with Gasteiger partial charge in [0.25, 0.3) is 11.5 Å². The van der Waals surface area contributed by atoms with Crippen molar-refractivity contribution >= 4 is 11.6 Å². The summed E-state index contributed by atoms with van der Waals surface area (Å²) in [6.07, 6.45) is 2.61. The summed E-state index contributed by atoms with van der Waals surface area (Å²) in [5.41, 5.74) is 13.1. The summed E-state index contributed by atoms with van der Waals surface area (Å²) in [6, 6.07) is 14.5. The molecule has 2 aromatic heterocycles. The third-order valence-electron chi connectivity index (χ3n) is 5.54. The molecule has 0 fully saturated rings. The number of nitrogens with zero attached hydrogens (tertiary/aromatic N) is 2. The number of hydrogen-bond acceptors (Lipinski definition) is 7. The van der Waals surface area contributed by atoms with Crippen LogP contribution in [0, 0.1) is 0 Å². The number of carbonyl (C=O) groups excluding carboxylic acids is 1. The Morgan fingerprint density at radius 3 is 2.63 bits per heavy atom. The molecule has 11 heteroatoms. The minimum atomic E-state index is -1.03. The molecule has 0 aliphatic rings. The zero-order valence-corrected chi connectivity index (χ0v) is 18.9. The molecule has 0 radical (unpaired) electrons. The number of aliphatic hydroxyl groups is 1. The molecule has 0 spiro atoms. The van der Waals surface area contributed by atoms with Crippen molar-refractivity contribution in [2.75, 3.05) is 5.73 Å². The van der Waals surface area contributed by atoms with E-state index in [0.29, 0.717) is 12.1 Å². The van der Waals surface area contributed by atoms with Crippen molar-refractivity contribution in [3.05, 3.63) is 104 Å². The van der Waals surface area contributed by atoms with Crippen molar-refractivity contribution in [3.63, 3.8) is 0 Å². The zero-order chi connectivity index (χ0) is 25.1. The Labute approximate surface area is 199 Å². The van der Waals surface area contributed by atoms with Gasteiger partial charge >= 0.3 is 5.69 Å². The SMILES string of the molecule is C[C@@H](NC(=O)c1[nH]c(=O)[nH]c(=O)c1N)c1cccc(-c2cnn(Cc3cccc(C(N)O)c3)c2)c1. The van der Waals surface area contributed by atoms with Gasteiger partial charge in [-0.05, 0) is 41.3 Å². The van der Waals surface area contributed by atoms with Crippen molar-refractivity contribution in [3.8, 4) is 11.1 Å². The van der Waals surface area contributed by atoms with Gasteiger partial charge in [-0.15, -0.1) is 0 Å². The van der Waals surface area contributed by atoms with Crippen molar-refractivity contribution in [1.29, 1.82) is 0 Å². The summed E-state index contributed by atoms with van der Waals surface area (Å²) in [4.78, 5) is 40.0. The summed E-state index contributed by atoms with van der Waals surface area (Å²) < 4.78 is 1.78. The molecule has 180 valence electrons. The monoisotopic (exact) mass is 475 g/mol. The van der Waals surface area contributed by atoms with Gasteiger partial charge in [0.05, 0.1) is 18.8 Å². The molecule has 4 aromatic rings. The maximum absolute atomic E-state index is 12.6. The molecule has 8 N–H and O–H groups in total. The summed E-state index contributed by atoms with van der Waals surface area (Å²) in [6.45, 7) is 2.28. The number of aliphatic hydroxyl groups excluding tert-OH is 1. The third kappa shape index (κ3) is 5.37. The van der Waals surface area contributed by atoms with Crippen LogP contribution in [0.15, 0.2) is 70.5 Å². The molecule has 11 nitrogen and oxygen atoms in total. The molecule has 1 unspecified atom stereocenters. The summed E-state index contributed by atoms with van der Waals surface area (Å²) in [7, 11) is 0. The molecule has 0 aliphatic carbocycles. The predicted molar refractivity (Wildman–Crippen MR) is 130 cm³/mol. The minimum absolute atomic E-state index is 0.283. The van der Waals surface area contributed by atoms with Crippen LogP contribution in [0.5, 0.6) is 0 Å². The number of carbonyl (C=O) groups is 1. The molecule has 1 amide bonds. The zero-order valence-electron chi connectivity index (χ0n) is 18.9. The van der Waals surface area contributed by atoms with Crippen LogP contribution in [0.3, 0.4) is 0 Å². The number of hydrogen-bond donors (Lipinski definition) is 6. The Morgan fingerprint density at radius 2 is 1.86 bits per heavy atom. The quantitative estimate of drug-likeness (QED) is 0.215. The van der Waals surface area contributed by atoms with Gasteiger partial charge in [0.2, 0.25) is 0 Å². The van der Waals surface area contributed by atoms with Crippen LogP contribution in [0.1, 0.15) is 46.4 Å². The van der Waals surface area contributed by atoms with E-state index in [1.165, 1.54) is 0 Å². The second-order valence-corrected chi connectivity index (χ2v) is 8.13. The number of anilines is 1. The molecule has 0 aliphatic heterocycles. The van der Waals surface area contributed by atoms with Gasteiger partial charge in [-0.25, -0.2) is 4.79 Å². The lowest BCUT2D eigenvalue weighted by Gasteiger charge is -2.15. The van der Waals surface area contributed by atoms with Gasteiger partial charge in [-0.2, -0.15) is 5.10 Å². The van der Waals surface area contributed by atoms with Gasteiger partial charge < -0.3 is 26.9 Å². The maximum Gasteiger partial charge on any atom is 0.326 e. The molecule has 0 saturated carbocycles. The average molecular weight is 476 g/mol. The van der Waals surface area contributed by atoms with Gasteiger partial charge in [-0.1, -0.05) is 36.4 Å². The highest BCUT2D eigenvalue weighted by Crippen LogP contribution is 2.24. The first-order chi connectivity index (χ1) is 16.7. The normalized spacial score (nSPS) is 12.8. The first kappa shape index (κ1) is 23.7. The number of nitrogen functional groups attached to an aromatic ring is 1. The minimum Gasteiger partial charge on any atom is -0.392 e. The van der Waals surface area contributed by atoms with E-state index in [2.05, 4.69) is 15.4 Å². The maximum atomic E-state index is 12.6. The Morgan fingerprint density at radius 1 is 1.11 bits per heavy atom. The van der Waals surface area contributed by atoms with Crippen LogP contribution in [0.4, 0.5) is 5.69 Å². The lowest BCUT2D eigenvalue weighted by Crippen LogP contribution is -2.34. The fraction of sp³-hybridized carbons (Fsp3) is 0.167. The number of amides is 1. The van der Waals surface area contributed by atoms with Gasteiger partial charge in [-0.3, -0.25) is 19.3 Å². The fourth-order valence-corrected chi connectivity index (χ4v) is 3.68. The van der Waals surface area contributed by atoms with Crippen LogP contribution in [0.2, 0.25) is 0 Å². The topological polar surface area (TPSA) is 185 Å². The number of H-pyrrole nitrogens is 2. The van der Waals surface area contributed by atoms with Crippen LogP contribution in [0.25, 0.3) is 11.1 Å². The van der Waals surface area contributed by atoms with Crippen molar-refractivity contribution in [2.45, 2.75) is 25.7 Å². The lowest BCUT2D eigenvalue weighted by atomic mass is 10.0. The molecule has 0 bridgehead atoms. The van der Waals surface area contributed by atoms with Crippen LogP contribution in [-0.2, 0) is 6.54 Å². The number of aromatic nitrogens is 4. The van der Waals surface area contributed by atoms with E-state index in [1.54, 1.807) is 23.9 Å². The molecular weight excluding hydrogens is 450 g/mol. The highest BCUT2D eigenvalue weighted by Gasteiger charge is 2.17. The number of nitrogens with one attached hydrogen (secondary N) is 3. The number of aromatic amines is 2. The van der Waals surface area contributed by atoms with Crippen molar-refractivity contribution < 1.29 is 9.90 Å². The van der Waals surface area contributed by atoms with Crippen molar-refractivity contribution in [2.24, 2.45) is 5.73 Å². The van der Waals surface area contributed by atoms with E-state index < -0.39 is 29.4 Å². The number of benzene rings is 2.